The van der Waals surface area contributed by atoms with Gasteiger partial charge in [0.2, 0.25) is 5.91 Å². The molecule has 3 amide bonds. The molecular formula is C34H49F2N3O5. The van der Waals surface area contributed by atoms with E-state index < -0.39 is 47.6 Å². The molecule has 4 atom stereocenters. The van der Waals surface area contributed by atoms with Gasteiger partial charge in [-0.3, -0.25) is 14.4 Å². The van der Waals surface area contributed by atoms with Gasteiger partial charge in [-0.1, -0.05) is 41.5 Å². The summed E-state index contributed by atoms with van der Waals surface area (Å²) in [6, 6.07) is 6.39. The number of hydrogen-bond acceptors (Lipinski definition) is 5. The number of aliphatic hydroxyl groups is 2. The van der Waals surface area contributed by atoms with Gasteiger partial charge in [-0.25, -0.2) is 8.78 Å². The first-order chi connectivity index (χ1) is 20.7. The van der Waals surface area contributed by atoms with Crippen molar-refractivity contribution in [2.75, 3.05) is 19.6 Å². The molecule has 10 heteroatoms. The molecule has 0 heterocycles. The van der Waals surface area contributed by atoms with Gasteiger partial charge in [0, 0.05) is 36.8 Å². The summed E-state index contributed by atoms with van der Waals surface area (Å²) in [4.78, 5) is 41.7. The number of aliphatic hydroxyl groups excluding tert-OH is 2. The Bertz CT molecular complexity index is 1240. The molecule has 244 valence electrons. The average Bonchev–Trinajstić information content (AvgIpc) is 2.93. The van der Waals surface area contributed by atoms with Crippen LogP contribution in [0.5, 0.6) is 0 Å². The van der Waals surface area contributed by atoms with Crippen LogP contribution >= 0.6 is 0 Å². The second kappa shape index (κ2) is 17.2. The van der Waals surface area contributed by atoms with Crippen LogP contribution in [0.4, 0.5) is 8.78 Å². The van der Waals surface area contributed by atoms with Crippen molar-refractivity contribution in [3.63, 3.8) is 0 Å². The zero-order valence-electron chi connectivity index (χ0n) is 27.0. The maximum absolute atomic E-state index is 14.1. The van der Waals surface area contributed by atoms with Crippen molar-refractivity contribution >= 4 is 17.7 Å². The number of amides is 3. The number of nitrogens with one attached hydrogen (secondary N) is 2. The molecular weight excluding hydrogens is 568 g/mol. The number of hydrogen-bond donors (Lipinski definition) is 4. The van der Waals surface area contributed by atoms with Crippen molar-refractivity contribution in [3.05, 3.63) is 70.3 Å². The molecule has 4 unspecified atom stereocenters. The molecule has 0 bridgehead atoms. The molecule has 44 heavy (non-hydrogen) atoms. The van der Waals surface area contributed by atoms with Crippen LogP contribution < -0.4 is 10.6 Å². The van der Waals surface area contributed by atoms with E-state index >= 15 is 0 Å². The first-order valence-electron chi connectivity index (χ1n) is 15.5. The lowest BCUT2D eigenvalue weighted by molar-refractivity contribution is -0.135. The van der Waals surface area contributed by atoms with E-state index in [2.05, 4.69) is 10.6 Å². The maximum Gasteiger partial charge on any atom is 0.253 e. The Morgan fingerprint density at radius 2 is 1.41 bits per heavy atom. The molecule has 0 aliphatic rings. The maximum atomic E-state index is 14.1. The van der Waals surface area contributed by atoms with Crippen LogP contribution in [0.15, 0.2) is 36.4 Å². The monoisotopic (exact) mass is 617 g/mol. The summed E-state index contributed by atoms with van der Waals surface area (Å²) in [7, 11) is 0. The number of carbonyl (C=O) groups is 3. The summed E-state index contributed by atoms with van der Waals surface area (Å²) < 4.78 is 28.1. The predicted octanol–water partition coefficient (Wildman–Crippen LogP) is 4.64. The number of carbonyl (C=O) groups excluding carboxylic acids is 3. The van der Waals surface area contributed by atoms with Crippen molar-refractivity contribution in [2.24, 2.45) is 17.8 Å². The highest BCUT2D eigenvalue weighted by Gasteiger charge is 2.39. The third-order valence-corrected chi connectivity index (χ3v) is 7.39. The van der Waals surface area contributed by atoms with Gasteiger partial charge in [-0.15, -0.1) is 0 Å². The third-order valence-electron chi connectivity index (χ3n) is 7.39. The van der Waals surface area contributed by atoms with E-state index in [-0.39, 0.29) is 35.3 Å². The van der Waals surface area contributed by atoms with Crippen molar-refractivity contribution in [2.45, 2.75) is 86.0 Å². The summed E-state index contributed by atoms with van der Waals surface area (Å²) in [5.41, 5.74) is 1.29. The molecule has 8 nitrogen and oxygen atoms in total. The van der Waals surface area contributed by atoms with Crippen molar-refractivity contribution in [3.8, 4) is 0 Å². The van der Waals surface area contributed by atoms with Crippen LogP contribution in [0.2, 0.25) is 0 Å². The van der Waals surface area contributed by atoms with Crippen LogP contribution in [-0.4, -0.2) is 70.7 Å². The van der Waals surface area contributed by atoms with Gasteiger partial charge in [0.1, 0.15) is 17.7 Å². The summed E-state index contributed by atoms with van der Waals surface area (Å²) in [5, 5.41) is 28.2. The molecule has 2 aromatic carbocycles. The molecule has 0 saturated heterocycles. The van der Waals surface area contributed by atoms with Gasteiger partial charge in [0.25, 0.3) is 11.8 Å². The summed E-state index contributed by atoms with van der Waals surface area (Å²) >= 11 is 0. The van der Waals surface area contributed by atoms with E-state index in [0.717, 1.165) is 25.0 Å². The molecule has 0 radical (unpaired) electrons. The quantitative estimate of drug-likeness (QED) is 0.219. The standard InChI is InChI=1S/C34H49F2N3O5/c1-8-10-39(11-9-2)34(44)25-13-22(7)12-24(17-25)32(42)38-28(16-23-14-26(35)18-27(36)15-23)30(40)31(41)29(21(5)6)33(43)37-19-20(3)4/h12-15,17-18,20-21,28-31,40-41H,8-11,16,19H2,1-7H3,(H,37,43)(H,38,42). The fourth-order valence-corrected chi connectivity index (χ4v) is 5.29. The fourth-order valence-electron chi connectivity index (χ4n) is 5.29. The lowest BCUT2D eigenvalue weighted by Crippen LogP contribution is -2.55. The number of aryl methyl sites for hydroxylation is 1. The third kappa shape index (κ3) is 10.7. The molecule has 0 aromatic heterocycles. The van der Waals surface area contributed by atoms with Crippen molar-refractivity contribution < 1.29 is 33.4 Å². The zero-order valence-corrected chi connectivity index (χ0v) is 27.0. The largest absolute Gasteiger partial charge is 0.390 e. The Kier molecular flexibility index (Phi) is 14.4. The molecule has 0 aliphatic carbocycles. The predicted molar refractivity (Wildman–Crippen MR) is 167 cm³/mol. The summed E-state index contributed by atoms with van der Waals surface area (Å²) in [6.45, 7) is 14.5. The molecule has 0 spiro atoms. The molecule has 0 saturated carbocycles. The Morgan fingerprint density at radius 3 is 1.93 bits per heavy atom. The summed E-state index contributed by atoms with van der Waals surface area (Å²) in [5.74, 6) is -4.23. The minimum atomic E-state index is -1.68. The SMILES string of the molecule is CCCN(CCC)C(=O)c1cc(C)cc(C(=O)NC(Cc2cc(F)cc(F)c2)C(O)C(O)C(C(=O)NCC(C)C)C(C)C)c1. The van der Waals surface area contributed by atoms with Gasteiger partial charge >= 0.3 is 0 Å². The topological polar surface area (TPSA) is 119 Å². The Hall–Kier alpha value is -3.37. The number of rotatable bonds is 16. The van der Waals surface area contributed by atoms with Gasteiger partial charge in [-0.2, -0.15) is 0 Å². The van der Waals surface area contributed by atoms with Crippen LogP contribution in [0.3, 0.4) is 0 Å². The van der Waals surface area contributed by atoms with Crippen LogP contribution in [0.25, 0.3) is 0 Å². The second-order valence-electron chi connectivity index (χ2n) is 12.3. The van der Waals surface area contributed by atoms with Gasteiger partial charge < -0.3 is 25.7 Å². The second-order valence-corrected chi connectivity index (χ2v) is 12.3. The number of halogens is 2. The smallest absolute Gasteiger partial charge is 0.253 e. The lowest BCUT2D eigenvalue weighted by Gasteiger charge is -2.33. The highest BCUT2D eigenvalue weighted by atomic mass is 19.1. The normalized spacial score (nSPS) is 14.2. The van der Waals surface area contributed by atoms with E-state index in [1.165, 1.54) is 6.07 Å². The Labute approximate surface area is 260 Å². The first kappa shape index (κ1) is 36.8. The molecule has 4 N–H and O–H groups in total. The first-order valence-corrected chi connectivity index (χ1v) is 15.5. The van der Waals surface area contributed by atoms with Crippen LogP contribution in [0.1, 0.15) is 86.2 Å². The van der Waals surface area contributed by atoms with E-state index in [9.17, 15) is 33.4 Å². The lowest BCUT2D eigenvalue weighted by atomic mass is 9.83. The number of nitrogens with zero attached hydrogens (tertiary/aromatic N) is 1. The van der Waals surface area contributed by atoms with Crippen molar-refractivity contribution in [1.82, 2.24) is 15.5 Å². The zero-order chi connectivity index (χ0) is 33.1. The van der Waals surface area contributed by atoms with E-state index in [1.807, 2.05) is 27.7 Å². The Balaban J connectivity index is 2.46. The van der Waals surface area contributed by atoms with Crippen LogP contribution in [0, 0.1) is 36.3 Å². The summed E-state index contributed by atoms with van der Waals surface area (Å²) in [6.07, 6.45) is -1.98. The minimum absolute atomic E-state index is 0.138. The van der Waals surface area contributed by atoms with Gasteiger partial charge in [-0.05, 0) is 79.5 Å². The molecule has 0 aliphatic heterocycles. The highest BCUT2D eigenvalue weighted by Crippen LogP contribution is 2.23. The average molecular weight is 618 g/mol. The van der Waals surface area contributed by atoms with Gasteiger partial charge in [0.05, 0.1) is 18.1 Å². The van der Waals surface area contributed by atoms with Crippen molar-refractivity contribution in [1.29, 1.82) is 0 Å². The fraction of sp³-hybridized carbons (Fsp3) is 0.559. The van der Waals surface area contributed by atoms with Crippen LogP contribution in [-0.2, 0) is 11.2 Å². The van der Waals surface area contributed by atoms with E-state index in [0.29, 0.717) is 36.8 Å². The molecule has 0 fully saturated rings. The number of benzene rings is 2. The molecule has 2 aromatic rings. The highest BCUT2D eigenvalue weighted by molar-refractivity contribution is 6.00. The Morgan fingerprint density at radius 1 is 0.841 bits per heavy atom. The van der Waals surface area contributed by atoms with E-state index in [4.69, 9.17) is 0 Å². The minimum Gasteiger partial charge on any atom is -0.390 e. The van der Waals surface area contributed by atoms with Gasteiger partial charge in [0.15, 0.2) is 0 Å². The van der Waals surface area contributed by atoms with E-state index in [1.54, 1.807) is 37.8 Å². The molecule has 2 rings (SSSR count).